The van der Waals surface area contributed by atoms with Crippen LogP contribution in [0.15, 0.2) is 48.5 Å². The maximum Gasteiger partial charge on any atom is 0.138 e. The zero-order valence-corrected chi connectivity index (χ0v) is 15.7. The maximum atomic E-state index is 12.5. The summed E-state index contributed by atoms with van der Waals surface area (Å²) in [5.74, 6) is 0.915. The first-order chi connectivity index (χ1) is 12.0. The molecule has 25 heavy (non-hydrogen) atoms. The number of nitrogens with one attached hydrogen (secondary N) is 1. The largest absolute Gasteiger partial charge is 0.378 e. The minimum absolute atomic E-state index is 0.00466. The van der Waals surface area contributed by atoms with Crippen LogP contribution < -0.4 is 5.32 Å². The Morgan fingerprint density at radius 2 is 1.60 bits per heavy atom. The van der Waals surface area contributed by atoms with Crippen LogP contribution in [-0.2, 0) is 4.79 Å². The predicted octanol–water partition coefficient (Wildman–Crippen LogP) is 6.38. The Balaban J connectivity index is 1.87. The number of carbonyl (C=O) groups excluding carboxylic acids is 1. The van der Waals surface area contributed by atoms with E-state index in [2.05, 4.69) is 43.4 Å². The molecule has 0 unspecified atom stereocenters. The summed E-state index contributed by atoms with van der Waals surface area (Å²) in [6, 6.07) is 16.4. The first-order valence-corrected chi connectivity index (χ1v) is 9.57. The van der Waals surface area contributed by atoms with E-state index >= 15 is 0 Å². The molecule has 0 heterocycles. The van der Waals surface area contributed by atoms with Crippen molar-refractivity contribution in [3.63, 3.8) is 0 Å². The lowest BCUT2D eigenvalue weighted by molar-refractivity contribution is -0.125. The number of Topliss-reactive ketones (excluding diaryl/α,β-unsaturated/α-hetero) is 1. The fourth-order valence-electron chi connectivity index (χ4n) is 3.59. The fourth-order valence-corrected chi connectivity index (χ4v) is 3.72. The standard InChI is InChI=1S/C22H26ClNO/c1-15(2)16-9-13-19(14-10-16)24-22(17-7-11-18(23)12-8-17)20-5-3-4-6-21(20)25/h7-15,20,22,24H,3-6H2,1-2H3/t20-,22+/m0/s1. The number of anilines is 1. The van der Waals surface area contributed by atoms with Crippen LogP contribution in [0.5, 0.6) is 0 Å². The van der Waals surface area contributed by atoms with E-state index in [1.54, 1.807) is 0 Å². The molecule has 0 aliphatic heterocycles. The lowest BCUT2D eigenvalue weighted by atomic mass is 9.80. The van der Waals surface area contributed by atoms with Gasteiger partial charge in [-0.2, -0.15) is 0 Å². The van der Waals surface area contributed by atoms with Gasteiger partial charge in [0.05, 0.1) is 6.04 Å². The Hall–Kier alpha value is -1.80. The number of ketones is 1. The third kappa shape index (κ3) is 4.43. The van der Waals surface area contributed by atoms with Crippen molar-refractivity contribution < 1.29 is 4.79 Å². The normalized spacial score (nSPS) is 19.0. The van der Waals surface area contributed by atoms with E-state index in [0.29, 0.717) is 18.1 Å². The van der Waals surface area contributed by atoms with Gasteiger partial charge in [-0.15, -0.1) is 0 Å². The Morgan fingerprint density at radius 3 is 2.20 bits per heavy atom. The molecule has 132 valence electrons. The van der Waals surface area contributed by atoms with Crippen molar-refractivity contribution >= 4 is 23.1 Å². The summed E-state index contributed by atoms with van der Waals surface area (Å²) >= 11 is 6.05. The highest BCUT2D eigenvalue weighted by molar-refractivity contribution is 6.30. The zero-order valence-electron chi connectivity index (χ0n) is 15.0. The van der Waals surface area contributed by atoms with E-state index in [-0.39, 0.29) is 12.0 Å². The van der Waals surface area contributed by atoms with Crippen molar-refractivity contribution in [3.8, 4) is 0 Å². The van der Waals surface area contributed by atoms with E-state index in [1.165, 1.54) is 5.56 Å². The molecular weight excluding hydrogens is 330 g/mol. The van der Waals surface area contributed by atoms with E-state index in [1.807, 2.05) is 24.3 Å². The van der Waals surface area contributed by atoms with Crippen LogP contribution in [0.25, 0.3) is 0 Å². The topological polar surface area (TPSA) is 29.1 Å². The van der Waals surface area contributed by atoms with Crippen LogP contribution in [-0.4, -0.2) is 5.78 Å². The Bertz CT molecular complexity index is 706. The highest BCUT2D eigenvalue weighted by atomic mass is 35.5. The molecule has 0 saturated heterocycles. The molecule has 0 radical (unpaired) electrons. The third-order valence-corrected chi connectivity index (χ3v) is 5.38. The SMILES string of the molecule is CC(C)c1ccc(N[C@H](c2ccc(Cl)cc2)[C@H]2CCCCC2=O)cc1. The second kappa shape index (κ2) is 8.05. The maximum absolute atomic E-state index is 12.5. The average molecular weight is 356 g/mol. The van der Waals surface area contributed by atoms with Gasteiger partial charge in [-0.05, 0) is 54.2 Å². The zero-order chi connectivity index (χ0) is 17.8. The van der Waals surface area contributed by atoms with Gasteiger partial charge >= 0.3 is 0 Å². The van der Waals surface area contributed by atoms with E-state index in [9.17, 15) is 4.79 Å². The van der Waals surface area contributed by atoms with Crippen molar-refractivity contribution in [1.29, 1.82) is 0 Å². The molecule has 1 aliphatic carbocycles. The van der Waals surface area contributed by atoms with E-state index < -0.39 is 0 Å². The van der Waals surface area contributed by atoms with Gasteiger partial charge in [0.2, 0.25) is 0 Å². The second-order valence-corrected chi connectivity index (χ2v) is 7.71. The molecule has 3 rings (SSSR count). The Labute approximate surface area is 155 Å². The highest BCUT2D eigenvalue weighted by Gasteiger charge is 2.31. The summed E-state index contributed by atoms with van der Waals surface area (Å²) < 4.78 is 0. The van der Waals surface area contributed by atoms with Gasteiger partial charge in [0.15, 0.2) is 0 Å². The van der Waals surface area contributed by atoms with Crippen molar-refractivity contribution in [2.24, 2.45) is 5.92 Å². The monoisotopic (exact) mass is 355 g/mol. The van der Waals surface area contributed by atoms with Crippen molar-refractivity contribution in [1.82, 2.24) is 0 Å². The van der Waals surface area contributed by atoms with Gasteiger partial charge in [0, 0.05) is 23.0 Å². The lowest BCUT2D eigenvalue weighted by Gasteiger charge is -2.31. The molecule has 2 aromatic carbocycles. The van der Waals surface area contributed by atoms with Crippen LogP contribution >= 0.6 is 11.6 Å². The molecule has 2 aromatic rings. The summed E-state index contributed by atoms with van der Waals surface area (Å²) in [5.41, 5.74) is 3.50. The summed E-state index contributed by atoms with van der Waals surface area (Å²) in [6.07, 6.45) is 3.78. The summed E-state index contributed by atoms with van der Waals surface area (Å²) in [5, 5.41) is 4.34. The van der Waals surface area contributed by atoms with Crippen LogP contribution in [0.1, 0.15) is 62.6 Å². The summed E-state index contributed by atoms with van der Waals surface area (Å²) in [6.45, 7) is 4.39. The van der Waals surface area contributed by atoms with Gasteiger partial charge in [-0.3, -0.25) is 4.79 Å². The predicted molar refractivity (Wildman–Crippen MR) is 105 cm³/mol. The minimum Gasteiger partial charge on any atom is -0.378 e. The van der Waals surface area contributed by atoms with Gasteiger partial charge in [0.25, 0.3) is 0 Å². The molecule has 0 amide bonds. The van der Waals surface area contributed by atoms with Crippen molar-refractivity contribution in [3.05, 3.63) is 64.7 Å². The average Bonchev–Trinajstić information content (AvgIpc) is 2.62. The summed E-state index contributed by atoms with van der Waals surface area (Å²) in [4.78, 5) is 12.5. The van der Waals surface area contributed by atoms with Gasteiger partial charge in [-0.1, -0.05) is 56.1 Å². The highest BCUT2D eigenvalue weighted by Crippen LogP contribution is 2.35. The fraction of sp³-hybridized carbons (Fsp3) is 0.409. The minimum atomic E-state index is -0.00466. The van der Waals surface area contributed by atoms with Crippen LogP contribution in [0.3, 0.4) is 0 Å². The number of hydrogen-bond donors (Lipinski definition) is 1. The first kappa shape index (κ1) is 18.0. The van der Waals surface area contributed by atoms with E-state index in [4.69, 9.17) is 11.6 Å². The lowest BCUT2D eigenvalue weighted by Crippen LogP contribution is -2.30. The molecule has 0 aromatic heterocycles. The second-order valence-electron chi connectivity index (χ2n) is 7.27. The first-order valence-electron chi connectivity index (χ1n) is 9.19. The van der Waals surface area contributed by atoms with Crippen LogP contribution in [0, 0.1) is 5.92 Å². The Morgan fingerprint density at radius 1 is 0.960 bits per heavy atom. The van der Waals surface area contributed by atoms with Gasteiger partial charge in [-0.25, -0.2) is 0 Å². The van der Waals surface area contributed by atoms with Crippen molar-refractivity contribution in [2.75, 3.05) is 5.32 Å². The molecule has 1 aliphatic rings. The van der Waals surface area contributed by atoms with Crippen LogP contribution in [0.4, 0.5) is 5.69 Å². The van der Waals surface area contributed by atoms with E-state index in [0.717, 1.165) is 35.5 Å². The molecule has 1 saturated carbocycles. The number of rotatable bonds is 5. The third-order valence-electron chi connectivity index (χ3n) is 5.13. The molecule has 1 N–H and O–H groups in total. The molecular formula is C22H26ClNO. The number of halogens is 1. The Kier molecular flexibility index (Phi) is 5.80. The van der Waals surface area contributed by atoms with Crippen molar-refractivity contribution in [2.45, 2.75) is 51.5 Å². The van der Waals surface area contributed by atoms with Crippen LogP contribution in [0.2, 0.25) is 5.02 Å². The molecule has 2 nitrogen and oxygen atoms in total. The molecule has 3 heteroatoms. The van der Waals surface area contributed by atoms with Gasteiger partial charge < -0.3 is 5.32 Å². The molecule has 0 spiro atoms. The smallest absolute Gasteiger partial charge is 0.138 e. The molecule has 1 fully saturated rings. The molecule has 0 bridgehead atoms. The quantitative estimate of drug-likeness (QED) is 0.674. The summed E-state index contributed by atoms with van der Waals surface area (Å²) in [7, 11) is 0. The number of benzene rings is 2. The molecule has 2 atom stereocenters. The number of carbonyl (C=O) groups is 1. The number of hydrogen-bond acceptors (Lipinski definition) is 2. The van der Waals surface area contributed by atoms with Gasteiger partial charge in [0.1, 0.15) is 5.78 Å².